The summed E-state index contributed by atoms with van der Waals surface area (Å²) in [6.45, 7) is 3.79. The van der Waals surface area contributed by atoms with E-state index in [1.807, 2.05) is 6.92 Å². The molecule has 0 unspecified atom stereocenters. The minimum absolute atomic E-state index is 0.0443. The average Bonchev–Trinajstić information content (AvgIpc) is 3.42. The smallest absolute Gasteiger partial charge is 0.0134 e. The van der Waals surface area contributed by atoms with Crippen LogP contribution in [0.2, 0.25) is 0 Å². The molecule has 0 aliphatic carbocycles. The fourth-order valence-corrected chi connectivity index (χ4v) is 13.7. The first kappa shape index (κ1) is 54.2. The van der Waals surface area contributed by atoms with Gasteiger partial charge in [-0.15, -0.1) is 0 Å². The van der Waals surface area contributed by atoms with Gasteiger partial charge >= 0.3 is 35.0 Å². The fourth-order valence-electron chi connectivity index (χ4n) is 7.81. The van der Waals surface area contributed by atoms with E-state index in [9.17, 15) is 12.8 Å². The molecule has 1 saturated heterocycles. The van der Waals surface area contributed by atoms with Gasteiger partial charge in [0.25, 0.3) is 0 Å². The van der Waals surface area contributed by atoms with Crippen molar-refractivity contribution in [1.82, 2.24) is 9.97 Å². The number of benzene rings is 8. The summed E-state index contributed by atoms with van der Waals surface area (Å²) in [6.07, 6.45) is 0. The van der Waals surface area contributed by atoms with Crippen LogP contribution < -0.4 is 42.5 Å². The number of rotatable bonds is 11. The molecular formula is C58H53Cl2FN4O3P2PdS. The van der Waals surface area contributed by atoms with Gasteiger partial charge in [-0.05, 0) is 103 Å². The van der Waals surface area contributed by atoms with Gasteiger partial charge in [0.2, 0.25) is 0 Å². The summed E-state index contributed by atoms with van der Waals surface area (Å²) in [5, 5.41) is 8.39. The van der Waals surface area contributed by atoms with Crippen molar-refractivity contribution < 1.29 is 33.5 Å². The number of hydrogen-bond acceptors (Lipinski definition) is 7. The summed E-state index contributed by atoms with van der Waals surface area (Å²) in [5.41, 5.74) is 7.50. The van der Waals surface area contributed by atoms with E-state index < -0.39 is 31.5 Å². The largest absolute Gasteiger partial charge is 0.0622 e. The Kier molecular flexibility index (Phi) is 21.1. The number of ether oxygens (including phenoxy) is 1. The maximum Gasteiger partial charge on any atom is -0.0134 e. The third kappa shape index (κ3) is 15.7. The Labute approximate surface area is 441 Å². The van der Waals surface area contributed by atoms with Crippen LogP contribution in [-0.2, 0) is 36.3 Å². The monoisotopic (exact) mass is 1140 g/mol. The minimum Gasteiger partial charge on any atom is -0.0622 e. The molecule has 0 radical (unpaired) electrons. The van der Waals surface area contributed by atoms with Crippen molar-refractivity contribution in [2.75, 3.05) is 30.4 Å². The molecule has 10 rings (SSSR count). The van der Waals surface area contributed by atoms with Gasteiger partial charge in [0.15, 0.2) is 15.7 Å². The van der Waals surface area contributed by atoms with E-state index in [0.717, 1.165) is 17.7 Å². The first-order valence-corrected chi connectivity index (χ1v) is 31.3. The summed E-state index contributed by atoms with van der Waals surface area (Å²) in [4.78, 5) is 11.3. The molecule has 14 heteroatoms. The van der Waals surface area contributed by atoms with Crippen molar-refractivity contribution in [2.24, 2.45) is 0 Å². The summed E-state index contributed by atoms with van der Waals surface area (Å²) in [5.74, 6) is 0.243. The van der Waals surface area contributed by atoms with Crippen LogP contribution in [0.4, 0.5) is 15.9 Å². The van der Waals surface area contributed by atoms with Gasteiger partial charge in [-0.25, -0.2) is 22.8 Å². The molecule has 0 bridgehead atoms. The number of halogens is 3. The molecule has 1 atom stereocenters. The van der Waals surface area contributed by atoms with Gasteiger partial charge in [0.05, 0.1) is 35.6 Å². The van der Waals surface area contributed by atoms with Gasteiger partial charge in [0, 0.05) is 23.9 Å². The standard InChI is InChI=1S/C22H23FN4O3S.2C18H15P.2ClH.Pd/c1-15-13-30-11-10-27(15)21-12-19(14-31(28,29)20-8-4-17(23)5-9-20)25-22(26-21)16-2-6-18(24)7-3-16;2*1-4-10-16(11-5-1)19(17-12-6-2-7-13-17)18-14-8-3-9-15-18;;;/h2-9,12,15H,10-11,13-14,24H2,1H3;2*1-15H;2*1H;/q;;;;;+2/p-2/t15-;;;;;/m0...../s1. The Morgan fingerprint density at radius 3 is 1.33 bits per heavy atom. The second-order valence-electron chi connectivity index (χ2n) is 16.2. The molecule has 7 nitrogen and oxygen atoms in total. The van der Waals surface area contributed by atoms with Crippen molar-refractivity contribution in [2.45, 2.75) is 23.6 Å². The number of hydrogen-bond donors (Lipinski definition) is 1. The fraction of sp³-hybridized carbons (Fsp3) is 0.103. The number of nitrogens with two attached hydrogens (primary N) is 1. The first-order valence-electron chi connectivity index (χ1n) is 22.9. The van der Waals surface area contributed by atoms with Crippen LogP contribution in [0.5, 0.6) is 0 Å². The molecule has 1 fully saturated rings. The van der Waals surface area contributed by atoms with Crippen LogP contribution in [0, 0.1) is 5.82 Å². The van der Waals surface area contributed by atoms with Gasteiger partial charge in [-0.1, -0.05) is 182 Å². The Morgan fingerprint density at radius 1 is 0.597 bits per heavy atom. The zero-order valence-corrected chi connectivity index (χ0v) is 45.0. The van der Waals surface area contributed by atoms with E-state index in [1.54, 1.807) is 30.3 Å². The molecule has 2 heterocycles. The maximum absolute atomic E-state index is 13.2. The number of anilines is 2. The summed E-state index contributed by atoms with van der Waals surface area (Å²) in [7, 11) is 5.02. The molecule has 0 amide bonds. The molecule has 1 aliphatic heterocycles. The molecule has 8 aromatic carbocycles. The predicted octanol–water partition coefficient (Wildman–Crippen LogP) is 11.3. The van der Waals surface area contributed by atoms with E-state index in [0.29, 0.717) is 42.8 Å². The van der Waals surface area contributed by atoms with Crippen LogP contribution in [0.25, 0.3) is 11.4 Å². The van der Waals surface area contributed by atoms with Crippen molar-refractivity contribution in [3.63, 3.8) is 0 Å². The summed E-state index contributed by atoms with van der Waals surface area (Å²) >= 11 is -0.106. The number of aromatic nitrogens is 2. The average molecular weight is 1140 g/mol. The Balaban J connectivity index is 0.000000161. The van der Waals surface area contributed by atoms with Gasteiger partial charge in [-0.3, -0.25) is 0 Å². The Hall–Kier alpha value is -5.62. The van der Waals surface area contributed by atoms with Crippen molar-refractivity contribution >= 4 is 88.1 Å². The number of nitrogens with zero attached hydrogens (tertiary/aromatic N) is 3. The summed E-state index contributed by atoms with van der Waals surface area (Å²) in [6, 6.07) is 78.3. The van der Waals surface area contributed by atoms with Gasteiger partial charge in [0.1, 0.15) is 11.6 Å². The van der Waals surface area contributed by atoms with Gasteiger partial charge in [-0.2, -0.15) is 0 Å². The summed E-state index contributed by atoms with van der Waals surface area (Å²) < 4.78 is 44.6. The third-order valence-corrected chi connectivity index (χ3v) is 17.7. The topological polar surface area (TPSA) is 98.4 Å². The van der Waals surface area contributed by atoms with E-state index in [4.69, 9.17) is 34.5 Å². The Bertz CT molecular complexity index is 2810. The van der Waals surface area contributed by atoms with Crippen molar-refractivity contribution in [1.29, 1.82) is 0 Å². The SMILES string of the molecule is C[C@H]1COCCN1c1cc(CS(=O)(=O)c2ccc(F)cc2)nc(-c2ccc(N)cc2)n1.[Cl][Pd][Cl].c1ccc(P(c2ccccc2)c2ccccc2)cc1.c1ccc(P(c2ccccc2)c2ccccc2)cc1. The van der Waals surface area contributed by atoms with Gasteiger partial charge < -0.3 is 15.4 Å². The number of sulfone groups is 1. The number of nitrogen functional groups attached to an aromatic ring is 1. The van der Waals surface area contributed by atoms with E-state index in [-0.39, 0.29) is 32.6 Å². The zero-order chi connectivity index (χ0) is 50.5. The van der Waals surface area contributed by atoms with E-state index >= 15 is 0 Å². The quantitative estimate of drug-likeness (QED) is 0.0596. The normalized spacial score (nSPS) is 13.2. The molecule has 370 valence electrons. The van der Waals surface area contributed by atoms with Crippen molar-refractivity contribution in [3.8, 4) is 11.4 Å². The van der Waals surface area contributed by atoms with Crippen molar-refractivity contribution in [3.05, 3.63) is 248 Å². The molecule has 2 N–H and O–H groups in total. The zero-order valence-electron chi connectivity index (χ0n) is 39.3. The van der Waals surface area contributed by atoms with Crippen LogP contribution in [0.3, 0.4) is 0 Å². The van der Waals surface area contributed by atoms with Crippen LogP contribution in [0.1, 0.15) is 12.6 Å². The maximum atomic E-state index is 13.2. The van der Waals surface area contributed by atoms with E-state index in [1.165, 1.54) is 44.0 Å². The minimum atomic E-state index is -3.72. The molecule has 1 aliphatic rings. The third-order valence-electron chi connectivity index (χ3n) is 11.2. The van der Waals surface area contributed by atoms with Crippen LogP contribution in [-0.4, -0.2) is 44.2 Å². The van der Waals surface area contributed by atoms with Crippen LogP contribution >= 0.6 is 34.9 Å². The first-order chi connectivity index (χ1) is 35.1. The second kappa shape index (κ2) is 28.0. The second-order valence-corrected chi connectivity index (χ2v) is 25.0. The molecule has 1 aromatic heterocycles. The van der Waals surface area contributed by atoms with E-state index in [2.05, 4.69) is 192 Å². The molecular weight excluding hydrogens is 1090 g/mol. The number of morpholine rings is 1. The predicted molar refractivity (Wildman–Crippen MR) is 299 cm³/mol. The van der Waals surface area contributed by atoms with Crippen LogP contribution in [0.15, 0.2) is 241 Å². The molecule has 9 aromatic rings. The molecule has 0 spiro atoms. The molecule has 0 saturated carbocycles. The Morgan fingerprint density at radius 2 is 0.972 bits per heavy atom. The molecule has 72 heavy (non-hydrogen) atoms.